The Labute approximate surface area is 138 Å². The molecule has 1 aliphatic rings. The summed E-state index contributed by atoms with van der Waals surface area (Å²) in [6, 6.07) is 5.87. The maximum Gasteiger partial charge on any atom is 0.276 e. The van der Waals surface area contributed by atoms with Crippen LogP contribution in [-0.4, -0.2) is 36.2 Å². The molecule has 6 nitrogen and oxygen atoms in total. The number of ether oxygens (including phenoxy) is 2. The van der Waals surface area contributed by atoms with E-state index in [1.165, 1.54) is 13.5 Å². The van der Waals surface area contributed by atoms with Gasteiger partial charge in [0.25, 0.3) is 10.2 Å². The highest BCUT2D eigenvalue weighted by Gasteiger charge is 2.35. The number of hydrogen-bond acceptors (Lipinski definition) is 4. The number of nitrogens with one attached hydrogen (secondary N) is 2. The summed E-state index contributed by atoms with van der Waals surface area (Å²) in [5.41, 5.74) is 0.885. The van der Waals surface area contributed by atoms with Crippen LogP contribution < -0.4 is 18.9 Å². The molecule has 0 heterocycles. The zero-order chi connectivity index (χ0) is 16.9. The van der Waals surface area contributed by atoms with E-state index >= 15 is 0 Å². The highest BCUT2D eigenvalue weighted by Crippen LogP contribution is 2.42. The molecule has 0 bridgehead atoms. The molecule has 2 N–H and O–H groups in total. The van der Waals surface area contributed by atoms with Crippen LogP contribution in [0.3, 0.4) is 0 Å². The average Bonchev–Trinajstić information content (AvgIpc) is 2.60. The summed E-state index contributed by atoms with van der Waals surface area (Å²) in [5, 5.41) is 0. The van der Waals surface area contributed by atoms with E-state index in [4.69, 9.17) is 9.47 Å². The highest BCUT2D eigenvalue weighted by atomic mass is 32.2. The fourth-order valence-corrected chi connectivity index (χ4v) is 3.88. The van der Waals surface area contributed by atoms with E-state index in [1.54, 1.807) is 14.2 Å². The van der Waals surface area contributed by atoms with Gasteiger partial charge in [0.05, 0.1) is 14.2 Å². The quantitative estimate of drug-likeness (QED) is 0.794. The Morgan fingerprint density at radius 2 is 1.74 bits per heavy atom. The second-order valence-corrected chi connectivity index (χ2v) is 7.64. The van der Waals surface area contributed by atoms with E-state index in [9.17, 15) is 8.42 Å². The highest BCUT2D eigenvalue weighted by molar-refractivity contribution is 7.87. The van der Waals surface area contributed by atoms with Gasteiger partial charge in [-0.15, -0.1) is 0 Å². The molecule has 2 rings (SSSR count). The molecule has 0 atom stereocenters. The zero-order valence-corrected chi connectivity index (χ0v) is 14.8. The van der Waals surface area contributed by atoms with Gasteiger partial charge in [0.15, 0.2) is 11.5 Å². The maximum absolute atomic E-state index is 11.8. The van der Waals surface area contributed by atoms with Crippen molar-refractivity contribution < 1.29 is 17.9 Å². The Kier molecular flexibility index (Phi) is 5.89. The molecule has 0 amide bonds. The summed E-state index contributed by atoms with van der Waals surface area (Å²) in [7, 11) is 1.18. The van der Waals surface area contributed by atoms with Crippen molar-refractivity contribution in [1.29, 1.82) is 0 Å². The van der Waals surface area contributed by atoms with Crippen molar-refractivity contribution in [3.63, 3.8) is 0 Å². The number of hydrogen-bond donors (Lipinski definition) is 2. The predicted molar refractivity (Wildman–Crippen MR) is 90.3 cm³/mol. The standard InChI is InChI=1S/C16H26N2O4S/c1-17-23(19,20)18-12-16(9-5-4-6-10-16)13-7-8-14(21-2)15(11-13)22-3/h7-8,11,17-18H,4-6,9-10,12H2,1-3H3. The molecule has 7 heteroatoms. The topological polar surface area (TPSA) is 76.7 Å². The second-order valence-electron chi connectivity index (χ2n) is 5.94. The molecule has 23 heavy (non-hydrogen) atoms. The van der Waals surface area contributed by atoms with Crippen molar-refractivity contribution in [3.8, 4) is 11.5 Å². The fraction of sp³-hybridized carbons (Fsp3) is 0.625. The smallest absolute Gasteiger partial charge is 0.276 e. The lowest BCUT2D eigenvalue weighted by molar-refractivity contribution is 0.290. The van der Waals surface area contributed by atoms with Gasteiger partial charge in [-0.3, -0.25) is 0 Å². The summed E-state index contributed by atoms with van der Waals surface area (Å²) >= 11 is 0. The van der Waals surface area contributed by atoms with Gasteiger partial charge in [0.1, 0.15) is 0 Å². The van der Waals surface area contributed by atoms with Gasteiger partial charge in [-0.25, -0.2) is 9.44 Å². The lowest BCUT2D eigenvalue weighted by atomic mass is 9.69. The molecule has 1 aromatic carbocycles. The fourth-order valence-electron chi connectivity index (χ4n) is 3.27. The first-order valence-electron chi connectivity index (χ1n) is 7.87. The van der Waals surface area contributed by atoms with Gasteiger partial charge in [0, 0.05) is 19.0 Å². The number of benzene rings is 1. The van der Waals surface area contributed by atoms with Crippen molar-refractivity contribution in [2.45, 2.75) is 37.5 Å². The van der Waals surface area contributed by atoms with Gasteiger partial charge in [-0.05, 0) is 30.5 Å². The molecular weight excluding hydrogens is 316 g/mol. The molecule has 0 aliphatic heterocycles. The second kappa shape index (κ2) is 7.51. The Bertz CT molecular complexity index is 625. The Morgan fingerprint density at radius 3 is 2.30 bits per heavy atom. The van der Waals surface area contributed by atoms with Gasteiger partial charge >= 0.3 is 0 Å². The van der Waals surface area contributed by atoms with Crippen LogP contribution in [0.5, 0.6) is 11.5 Å². The van der Waals surface area contributed by atoms with Gasteiger partial charge < -0.3 is 9.47 Å². The van der Waals surface area contributed by atoms with Crippen molar-refractivity contribution >= 4 is 10.2 Å². The summed E-state index contributed by atoms with van der Waals surface area (Å²) in [4.78, 5) is 0. The lowest BCUT2D eigenvalue weighted by Crippen LogP contribution is -2.45. The maximum atomic E-state index is 11.8. The molecule has 1 aromatic rings. The van der Waals surface area contributed by atoms with Gasteiger partial charge in [0.2, 0.25) is 0 Å². The molecule has 130 valence electrons. The Morgan fingerprint density at radius 1 is 1.09 bits per heavy atom. The van der Waals surface area contributed by atoms with E-state index in [0.717, 1.165) is 31.2 Å². The number of rotatable bonds is 7. The normalized spacial score (nSPS) is 17.7. The van der Waals surface area contributed by atoms with Crippen molar-refractivity contribution in [2.24, 2.45) is 0 Å². The molecule has 0 spiro atoms. The molecule has 0 unspecified atom stereocenters. The summed E-state index contributed by atoms with van der Waals surface area (Å²) in [6.45, 7) is 0.381. The van der Waals surface area contributed by atoms with Gasteiger partial charge in [-0.2, -0.15) is 8.42 Å². The van der Waals surface area contributed by atoms with Crippen LogP contribution in [-0.2, 0) is 15.6 Å². The summed E-state index contributed by atoms with van der Waals surface area (Å²) < 4.78 is 39.2. The van der Waals surface area contributed by atoms with Crippen LogP contribution in [0.1, 0.15) is 37.7 Å². The summed E-state index contributed by atoms with van der Waals surface area (Å²) in [5.74, 6) is 1.35. The summed E-state index contributed by atoms with van der Waals surface area (Å²) in [6.07, 6.45) is 5.28. The van der Waals surface area contributed by atoms with Crippen LogP contribution >= 0.6 is 0 Å². The van der Waals surface area contributed by atoms with E-state index in [2.05, 4.69) is 9.44 Å². The van der Waals surface area contributed by atoms with E-state index in [0.29, 0.717) is 18.0 Å². The third-order valence-corrected chi connectivity index (χ3v) is 5.74. The first-order chi connectivity index (χ1) is 11.0. The van der Waals surface area contributed by atoms with Crippen LogP contribution in [0.25, 0.3) is 0 Å². The molecule has 1 fully saturated rings. The van der Waals surface area contributed by atoms with Crippen LogP contribution in [0.15, 0.2) is 18.2 Å². The molecule has 0 saturated heterocycles. The van der Waals surface area contributed by atoms with Crippen LogP contribution in [0, 0.1) is 0 Å². The van der Waals surface area contributed by atoms with Crippen molar-refractivity contribution in [1.82, 2.24) is 9.44 Å². The predicted octanol–water partition coefficient (Wildman–Crippen LogP) is 1.96. The molecule has 0 aromatic heterocycles. The zero-order valence-electron chi connectivity index (χ0n) is 14.0. The first-order valence-corrected chi connectivity index (χ1v) is 9.35. The van der Waals surface area contributed by atoms with Crippen molar-refractivity contribution in [2.75, 3.05) is 27.8 Å². The third-order valence-electron chi connectivity index (χ3n) is 4.68. The van der Waals surface area contributed by atoms with Crippen molar-refractivity contribution in [3.05, 3.63) is 23.8 Å². The molecule has 1 aliphatic carbocycles. The SMILES string of the molecule is CNS(=O)(=O)NCC1(c2ccc(OC)c(OC)c2)CCCCC1. The minimum atomic E-state index is -3.45. The van der Waals surface area contributed by atoms with Crippen LogP contribution in [0.2, 0.25) is 0 Å². The van der Waals surface area contributed by atoms with E-state index in [-0.39, 0.29) is 5.41 Å². The van der Waals surface area contributed by atoms with Gasteiger partial charge in [-0.1, -0.05) is 25.3 Å². The number of methoxy groups -OCH3 is 2. The molecular formula is C16H26N2O4S. The van der Waals surface area contributed by atoms with E-state index < -0.39 is 10.2 Å². The minimum Gasteiger partial charge on any atom is -0.493 e. The first kappa shape index (κ1) is 18.0. The largest absolute Gasteiger partial charge is 0.493 e. The molecule has 0 radical (unpaired) electrons. The lowest BCUT2D eigenvalue weighted by Gasteiger charge is -2.38. The average molecular weight is 342 g/mol. The molecule has 1 saturated carbocycles. The third kappa shape index (κ3) is 4.16. The van der Waals surface area contributed by atoms with Crippen LogP contribution in [0.4, 0.5) is 0 Å². The van der Waals surface area contributed by atoms with E-state index in [1.807, 2.05) is 18.2 Å². The minimum absolute atomic E-state index is 0.207. The Hall–Kier alpha value is -1.31. The Balaban J connectivity index is 2.34. The monoisotopic (exact) mass is 342 g/mol.